The smallest absolute Gasteiger partial charge is 0.312 e. The second-order valence-electron chi connectivity index (χ2n) is 4.36. The average molecular weight is 280 g/mol. The molecule has 0 N–H and O–H groups in total. The minimum atomic E-state index is -0.780. The van der Waals surface area contributed by atoms with Gasteiger partial charge in [0.05, 0.1) is 11.0 Å². The molecule has 2 atom stereocenters. The number of rotatable bonds is 3. The molecule has 0 aromatic carbocycles. The summed E-state index contributed by atoms with van der Waals surface area (Å²) in [5, 5.41) is 18.2. The Morgan fingerprint density at radius 2 is 2.40 bits per heavy atom. The lowest BCUT2D eigenvalue weighted by Crippen LogP contribution is -2.19. The standard InChI is InChI=1S/C10H12N6O4/c1-15-10(7(4-12-15)16(18)19)9-3-2-6(13-14-11)8(17)5-20-9/h4,6,9H,2-3,5H2,1H3. The van der Waals surface area contributed by atoms with Gasteiger partial charge in [0.2, 0.25) is 0 Å². The van der Waals surface area contributed by atoms with E-state index in [0.717, 1.165) is 6.20 Å². The Labute approximate surface area is 113 Å². The van der Waals surface area contributed by atoms with Gasteiger partial charge in [0.25, 0.3) is 0 Å². The van der Waals surface area contributed by atoms with Gasteiger partial charge in [-0.3, -0.25) is 19.6 Å². The Balaban J connectivity index is 2.27. The molecule has 2 heterocycles. The lowest BCUT2D eigenvalue weighted by Gasteiger charge is -2.13. The van der Waals surface area contributed by atoms with Crippen LogP contribution in [0.1, 0.15) is 24.6 Å². The molecule has 10 nitrogen and oxygen atoms in total. The molecule has 106 valence electrons. The maximum absolute atomic E-state index is 11.7. The number of nitro groups is 1. The molecule has 0 aliphatic carbocycles. The molecule has 1 aromatic rings. The number of Topliss-reactive ketones (excluding diaryl/α,β-unsaturated/α-hetero) is 1. The maximum Gasteiger partial charge on any atom is 0.312 e. The number of hydrogen-bond acceptors (Lipinski definition) is 6. The highest BCUT2D eigenvalue weighted by atomic mass is 16.6. The lowest BCUT2D eigenvalue weighted by molar-refractivity contribution is -0.386. The minimum absolute atomic E-state index is 0.146. The molecule has 0 radical (unpaired) electrons. The molecule has 2 rings (SSSR count). The molecule has 0 saturated carbocycles. The monoisotopic (exact) mass is 280 g/mol. The van der Waals surface area contributed by atoms with E-state index in [-0.39, 0.29) is 24.5 Å². The molecule has 10 heteroatoms. The fourth-order valence-electron chi connectivity index (χ4n) is 2.18. The molecule has 1 fully saturated rings. The van der Waals surface area contributed by atoms with Gasteiger partial charge >= 0.3 is 5.69 Å². The zero-order valence-corrected chi connectivity index (χ0v) is 10.7. The number of aromatic nitrogens is 2. The highest BCUT2D eigenvalue weighted by Crippen LogP contribution is 2.32. The Hall–Kier alpha value is -2.45. The zero-order chi connectivity index (χ0) is 14.7. The highest BCUT2D eigenvalue weighted by molar-refractivity contribution is 5.85. The molecule has 20 heavy (non-hydrogen) atoms. The number of ketones is 1. The molecular formula is C10H12N6O4. The van der Waals surface area contributed by atoms with Crippen molar-refractivity contribution < 1.29 is 14.5 Å². The van der Waals surface area contributed by atoms with Gasteiger partial charge in [-0.2, -0.15) is 5.10 Å². The third-order valence-corrected chi connectivity index (χ3v) is 3.16. The van der Waals surface area contributed by atoms with E-state index in [1.165, 1.54) is 4.68 Å². The second kappa shape index (κ2) is 5.68. The summed E-state index contributed by atoms with van der Waals surface area (Å²) < 4.78 is 6.77. The summed E-state index contributed by atoms with van der Waals surface area (Å²) in [5.41, 5.74) is 8.56. The maximum atomic E-state index is 11.7. The number of ether oxygens (including phenoxy) is 1. The SMILES string of the molecule is Cn1ncc([N+](=O)[O-])c1C1CCC(N=[N+]=[N-])C(=O)CO1. The summed E-state index contributed by atoms with van der Waals surface area (Å²) in [5.74, 6) is -0.324. The largest absolute Gasteiger partial charge is 0.364 e. The number of carbonyl (C=O) groups is 1. The Kier molecular flexibility index (Phi) is 3.97. The zero-order valence-electron chi connectivity index (χ0n) is 10.7. The van der Waals surface area contributed by atoms with Crippen LogP contribution in [0.4, 0.5) is 5.69 Å². The van der Waals surface area contributed by atoms with Gasteiger partial charge in [-0.25, -0.2) is 0 Å². The van der Waals surface area contributed by atoms with Crippen LogP contribution in [0.15, 0.2) is 11.3 Å². The van der Waals surface area contributed by atoms with Gasteiger partial charge < -0.3 is 4.74 Å². The summed E-state index contributed by atoms with van der Waals surface area (Å²) in [7, 11) is 1.57. The van der Waals surface area contributed by atoms with Crippen LogP contribution in [0.25, 0.3) is 10.4 Å². The minimum Gasteiger partial charge on any atom is -0.364 e. The lowest BCUT2D eigenvalue weighted by atomic mass is 10.0. The van der Waals surface area contributed by atoms with E-state index in [9.17, 15) is 14.9 Å². The van der Waals surface area contributed by atoms with E-state index in [1.807, 2.05) is 0 Å². The van der Waals surface area contributed by atoms with E-state index in [2.05, 4.69) is 15.1 Å². The molecular weight excluding hydrogens is 268 g/mol. The van der Waals surface area contributed by atoms with E-state index in [1.54, 1.807) is 7.05 Å². The Morgan fingerprint density at radius 1 is 1.65 bits per heavy atom. The van der Waals surface area contributed by atoms with Crippen molar-refractivity contribution in [2.45, 2.75) is 25.0 Å². The van der Waals surface area contributed by atoms with Crippen molar-refractivity contribution in [3.05, 3.63) is 32.4 Å². The Bertz CT molecular complexity index is 591. The summed E-state index contributed by atoms with van der Waals surface area (Å²) >= 11 is 0. The number of hydrogen-bond donors (Lipinski definition) is 0. The average Bonchev–Trinajstić information content (AvgIpc) is 2.70. The summed E-state index contributed by atoms with van der Waals surface area (Å²) in [6, 6.07) is -0.780. The van der Waals surface area contributed by atoms with E-state index >= 15 is 0 Å². The van der Waals surface area contributed by atoms with E-state index in [4.69, 9.17) is 10.3 Å². The molecule has 1 aliphatic rings. The quantitative estimate of drug-likeness (QED) is 0.271. The van der Waals surface area contributed by atoms with Crippen molar-refractivity contribution in [2.24, 2.45) is 12.2 Å². The van der Waals surface area contributed by atoms with Crippen LogP contribution in [0.5, 0.6) is 0 Å². The van der Waals surface area contributed by atoms with Crippen molar-refractivity contribution in [2.75, 3.05) is 6.61 Å². The predicted molar refractivity (Wildman–Crippen MR) is 65.7 cm³/mol. The van der Waals surface area contributed by atoms with Crippen LogP contribution in [0.3, 0.4) is 0 Å². The first-order valence-electron chi connectivity index (χ1n) is 5.89. The third kappa shape index (κ3) is 2.60. The first kappa shape index (κ1) is 14.0. The van der Waals surface area contributed by atoms with Crippen LogP contribution in [-0.4, -0.2) is 33.1 Å². The van der Waals surface area contributed by atoms with Crippen molar-refractivity contribution >= 4 is 11.5 Å². The molecule has 0 bridgehead atoms. The molecule has 2 unspecified atom stereocenters. The third-order valence-electron chi connectivity index (χ3n) is 3.16. The van der Waals surface area contributed by atoms with Gasteiger partial charge in [-0.05, 0) is 18.4 Å². The number of azide groups is 1. The van der Waals surface area contributed by atoms with Crippen molar-refractivity contribution in [1.82, 2.24) is 9.78 Å². The molecule has 1 saturated heterocycles. The van der Waals surface area contributed by atoms with Crippen LogP contribution in [0, 0.1) is 10.1 Å². The fourth-order valence-corrected chi connectivity index (χ4v) is 2.18. The van der Waals surface area contributed by atoms with Crippen molar-refractivity contribution in [1.29, 1.82) is 0 Å². The van der Waals surface area contributed by atoms with Crippen LogP contribution in [-0.2, 0) is 16.6 Å². The normalized spacial score (nSPS) is 22.9. The second-order valence-corrected chi connectivity index (χ2v) is 4.36. The highest BCUT2D eigenvalue weighted by Gasteiger charge is 2.32. The summed E-state index contributed by atoms with van der Waals surface area (Å²) in [6.45, 7) is -0.239. The molecule has 1 aromatic heterocycles. The van der Waals surface area contributed by atoms with Gasteiger partial charge in [-0.1, -0.05) is 5.11 Å². The first-order chi connectivity index (χ1) is 9.54. The van der Waals surface area contributed by atoms with Crippen LogP contribution >= 0.6 is 0 Å². The topological polar surface area (TPSA) is 136 Å². The number of nitrogens with zero attached hydrogens (tertiary/aromatic N) is 6. The summed E-state index contributed by atoms with van der Waals surface area (Å²) in [4.78, 5) is 24.7. The van der Waals surface area contributed by atoms with Gasteiger partial charge in [0.15, 0.2) is 5.78 Å². The first-order valence-corrected chi connectivity index (χ1v) is 5.89. The van der Waals surface area contributed by atoms with Gasteiger partial charge in [-0.15, -0.1) is 0 Å². The van der Waals surface area contributed by atoms with Gasteiger partial charge in [0, 0.05) is 12.0 Å². The van der Waals surface area contributed by atoms with E-state index < -0.39 is 17.1 Å². The van der Waals surface area contributed by atoms with Crippen LogP contribution < -0.4 is 0 Å². The fraction of sp³-hybridized carbons (Fsp3) is 0.600. The Morgan fingerprint density at radius 3 is 3.05 bits per heavy atom. The summed E-state index contributed by atoms with van der Waals surface area (Å²) in [6.07, 6.45) is 1.16. The molecule has 0 spiro atoms. The van der Waals surface area contributed by atoms with E-state index in [0.29, 0.717) is 12.1 Å². The van der Waals surface area contributed by atoms with Crippen molar-refractivity contribution in [3.8, 4) is 0 Å². The van der Waals surface area contributed by atoms with Gasteiger partial charge in [0.1, 0.15) is 24.6 Å². The number of carbonyl (C=O) groups excluding carboxylic acids is 1. The molecule has 1 aliphatic heterocycles. The van der Waals surface area contributed by atoms with Crippen molar-refractivity contribution in [3.63, 3.8) is 0 Å². The number of aryl methyl sites for hydroxylation is 1. The predicted octanol–water partition coefficient (Wildman–Crippen LogP) is 1.43. The van der Waals surface area contributed by atoms with Crippen LogP contribution in [0.2, 0.25) is 0 Å². The molecule has 0 amide bonds.